The van der Waals surface area contributed by atoms with Gasteiger partial charge in [-0.3, -0.25) is 37.3 Å². The van der Waals surface area contributed by atoms with E-state index in [1.807, 2.05) is 0 Å². The lowest BCUT2D eigenvalue weighted by molar-refractivity contribution is -0.161. The van der Waals surface area contributed by atoms with Crippen molar-refractivity contribution in [1.29, 1.82) is 0 Å². The van der Waals surface area contributed by atoms with Crippen molar-refractivity contribution in [2.45, 2.75) is 440 Å². The molecule has 8 atom stereocenters. The third-order valence-electron chi connectivity index (χ3n) is 20.2. The lowest BCUT2D eigenvalue weighted by Crippen LogP contribution is -2.30. The van der Waals surface area contributed by atoms with Crippen LogP contribution < -0.4 is 0 Å². The van der Waals surface area contributed by atoms with Crippen molar-refractivity contribution in [2.24, 2.45) is 23.7 Å². The van der Waals surface area contributed by atoms with Crippen molar-refractivity contribution < 1.29 is 80.2 Å². The molecule has 0 fully saturated rings. The molecule has 0 aromatic heterocycles. The maximum atomic E-state index is 13.1. The highest BCUT2D eigenvalue weighted by Crippen LogP contribution is 2.45. The van der Waals surface area contributed by atoms with E-state index in [0.29, 0.717) is 25.7 Å². The molecule has 101 heavy (non-hydrogen) atoms. The van der Waals surface area contributed by atoms with Crippen LogP contribution in [0.3, 0.4) is 0 Å². The van der Waals surface area contributed by atoms with Gasteiger partial charge in [0.25, 0.3) is 0 Å². The number of unbranched alkanes of at least 4 members (excludes halogenated alkanes) is 42. The van der Waals surface area contributed by atoms with E-state index in [4.69, 9.17) is 37.0 Å². The van der Waals surface area contributed by atoms with Crippen LogP contribution in [0.2, 0.25) is 0 Å². The van der Waals surface area contributed by atoms with Gasteiger partial charge in [-0.2, -0.15) is 0 Å². The van der Waals surface area contributed by atoms with Gasteiger partial charge in [0.15, 0.2) is 12.2 Å². The third kappa shape index (κ3) is 72.1. The van der Waals surface area contributed by atoms with E-state index in [2.05, 4.69) is 55.4 Å². The molecule has 0 aromatic rings. The van der Waals surface area contributed by atoms with E-state index in [0.717, 1.165) is 120 Å². The van der Waals surface area contributed by atoms with Crippen molar-refractivity contribution >= 4 is 39.5 Å². The van der Waals surface area contributed by atoms with Crippen molar-refractivity contribution in [3.05, 3.63) is 0 Å². The quantitative estimate of drug-likeness (QED) is 0.0222. The Morgan fingerprint density at radius 3 is 0.703 bits per heavy atom. The van der Waals surface area contributed by atoms with Gasteiger partial charge in [0.2, 0.25) is 0 Å². The van der Waals surface area contributed by atoms with Crippen LogP contribution in [0.1, 0.15) is 421 Å². The van der Waals surface area contributed by atoms with Crippen molar-refractivity contribution in [3.63, 3.8) is 0 Å². The maximum absolute atomic E-state index is 13.1. The third-order valence-corrected chi connectivity index (χ3v) is 22.1. The molecule has 0 spiro atoms. The number of carbonyl (C=O) groups excluding carboxylic acids is 4. The van der Waals surface area contributed by atoms with Crippen molar-refractivity contribution in [2.75, 3.05) is 39.6 Å². The number of phosphoric acid groups is 2. The minimum absolute atomic E-state index is 0.105. The number of carbonyl (C=O) groups is 4. The Hall–Kier alpha value is -1.94. The molecule has 19 heteroatoms. The minimum atomic E-state index is -4.96. The van der Waals surface area contributed by atoms with Crippen LogP contribution >= 0.6 is 15.6 Å². The first-order chi connectivity index (χ1) is 48.7. The maximum Gasteiger partial charge on any atom is 0.472 e. The summed E-state index contributed by atoms with van der Waals surface area (Å²) in [5.41, 5.74) is 0. The number of phosphoric ester groups is 2. The summed E-state index contributed by atoms with van der Waals surface area (Å²) in [6, 6.07) is 0. The van der Waals surface area contributed by atoms with E-state index >= 15 is 0 Å². The summed E-state index contributed by atoms with van der Waals surface area (Å²) >= 11 is 0. The second-order valence-corrected chi connectivity index (χ2v) is 33.6. The fourth-order valence-electron chi connectivity index (χ4n) is 12.5. The second-order valence-electron chi connectivity index (χ2n) is 30.7. The van der Waals surface area contributed by atoms with Crippen LogP contribution in [0, 0.1) is 23.7 Å². The van der Waals surface area contributed by atoms with Crippen LogP contribution in [-0.4, -0.2) is 96.7 Å². The first-order valence-corrected chi connectivity index (χ1v) is 45.3. The van der Waals surface area contributed by atoms with Gasteiger partial charge in [-0.25, -0.2) is 9.13 Å². The van der Waals surface area contributed by atoms with Crippen LogP contribution in [0.4, 0.5) is 0 Å². The SMILES string of the molecule is CCC(C)CCCCCCCCCCCCCCCCC(=O)O[C@H](COC(=O)CCCCCCCCCCCCCCCCCCC(C)C)COP(=O)(O)OC[C@@H](O)COP(=O)(O)OC[C@@H](COC(=O)CCCCCCCCC(C)CC)OC(=O)CCCCCCCCCCCCC(C)CC. The minimum Gasteiger partial charge on any atom is -0.462 e. The lowest BCUT2D eigenvalue weighted by Gasteiger charge is -2.21. The lowest BCUT2D eigenvalue weighted by atomic mass is 9.99. The molecule has 17 nitrogen and oxygen atoms in total. The molecule has 3 N–H and O–H groups in total. The molecule has 0 bridgehead atoms. The average molecular weight is 1480 g/mol. The normalized spacial score (nSPS) is 14.8. The zero-order chi connectivity index (χ0) is 74.6. The van der Waals surface area contributed by atoms with Crippen molar-refractivity contribution in [1.82, 2.24) is 0 Å². The summed E-state index contributed by atoms with van der Waals surface area (Å²) in [6.07, 6.45) is 58.2. The molecule has 0 aliphatic heterocycles. The Bertz CT molecular complexity index is 1980. The van der Waals surface area contributed by atoms with Gasteiger partial charge in [-0.15, -0.1) is 0 Å². The molecule has 0 rings (SSSR count). The fraction of sp³-hybridized carbons (Fsp3) is 0.951. The molecule has 0 saturated heterocycles. The molecule has 5 unspecified atom stereocenters. The van der Waals surface area contributed by atoms with Crippen molar-refractivity contribution in [3.8, 4) is 0 Å². The van der Waals surface area contributed by atoms with E-state index in [1.54, 1.807) is 0 Å². The molecule has 0 saturated carbocycles. The van der Waals surface area contributed by atoms with Gasteiger partial charge < -0.3 is 33.8 Å². The summed E-state index contributed by atoms with van der Waals surface area (Å²) < 4.78 is 68.8. The first kappa shape index (κ1) is 99.1. The standard InChI is InChI=1S/C82H160O17P2/c1-9-73(6)59-51-43-35-29-23-19-16-17-21-25-32-38-48-56-64-81(86)98-77(68-92-79(84)62-54-46-37-31-24-20-15-13-12-14-18-22-28-34-42-50-58-72(4)5)70-96-100(88,89)94-66-76(83)67-95-101(90,91)97-71-78(69-93-80(85)63-55-47-41-40-45-53-61-75(8)11-3)99-82(87)65-57-49-39-33-27-26-30-36-44-52-60-74(7)10-2/h72-78,83H,9-71H2,1-8H3,(H,88,89)(H,90,91)/t73?,74?,75?,76-,77-,78-/m1/s1. The smallest absolute Gasteiger partial charge is 0.462 e. The number of aliphatic hydroxyl groups excluding tert-OH is 1. The Labute approximate surface area is 619 Å². The molecular formula is C82H160O17P2. The molecule has 0 amide bonds. The average Bonchev–Trinajstić information content (AvgIpc) is 0.927. The summed E-state index contributed by atoms with van der Waals surface area (Å²) in [7, 11) is -9.92. The zero-order valence-electron chi connectivity index (χ0n) is 66.5. The largest absolute Gasteiger partial charge is 0.472 e. The number of rotatable bonds is 79. The Kier molecular flexibility index (Phi) is 69.6. The highest BCUT2D eigenvalue weighted by molar-refractivity contribution is 7.47. The predicted octanol–water partition coefficient (Wildman–Crippen LogP) is 24.4. The number of hydrogen-bond acceptors (Lipinski definition) is 15. The molecule has 0 aromatic carbocycles. The summed E-state index contributed by atoms with van der Waals surface area (Å²) in [5, 5.41) is 10.6. The summed E-state index contributed by atoms with van der Waals surface area (Å²) in [5.74, 6) is 1.08. The van der Waals surface area contributed by atoms with Gasteiger partial charge >= 0.3 is 39.5 Å². The van der Waals surface area contributed by atoms with E-state index in [9.17, 15) is 43.2 Å². The Morgan fingerprint density at radius 1 is 0.277 bits per heavy atom. The topological polar surface area (TPSA) is 237 Å². The monoisotopic (exact) mass is 1480 g/mol. The van der Waals surface area contributed by atoms with Gasteiger partial charge in [0.05, 0.1) is 26.4 Å². The van der Waals surface area contributed by atoms with E-state index in [-0.39, 0.29) is 25.7 Å². The Balaban J connectivity index is 5.25. The second kappa shape index (κ2) is 71.0. The van der Waals surface area contributed by atoms with E-state index < -0.39 is 97.5 Å². The van der Waals surface area contributed by atoms with Crippen LogP contribution in [0.15, 0.2) is 0 Å². The number of ether oxygens (including phenoxy) is 4. The molecular weight excluding hydrogens is 1320 g/mol. The fourth-order valence-corrected chi connectivity index (χ4v) is 14.1. The molecule has 600 valence electrons. The molecule has 0 aliphatic rings. The van der Waals surface area contributed by atoms with Crippen LogP contribution in [0.25, 0.3) is 0 Å². The molecule has 0 heterocycles. The van der Waals surface area contributed by atoms with Gasteiger partial charge in [-0.05, 0) is 49.4 Å². The highest BCUT2D eigenvalue weighted by Gasteiger charge is 2.30. The number of hydrogen-bond donors (Lipinski definition) is 3. The van der Waals surface area contributed by atoms with Gasteiger partial charge in [0.1, 0.15) is 19.3 Å². The number of esters is 4. The molecule has 0 radical (unpaired) electrons. The predicted molar refractivity (Wildman–Crippen MR) is 414 cm³/mol. The van der Waals surface area contributed by atoms with Gasteiger partial charge in [0, 0.05) is 25.7 Å². The first-order valence-electron chi connectivity index (χ1n) is 42.3. The Morgan fingerprint density at radius 2 is 0.475 bits per heavy atom. The highest BCUT2D eigenvalue weighted by atomic mass is 31.2. The van der Waals surface area contributed by atoms with Crippen LogP contribution in [-0.2, 0) is 65.4 Å². The van der Waals surface area contributed by atoms with Gasteiger partial charge in [-0.1, -0.05) is 370 Å². The number of aliphatic hydroxyl groups is 1. The van der Waals surface area contributed by atoms with Crippen LogP contribution in [0.5, 0.6) is 0 Å². The van der Waals surface area contributed by atoms with E-state index in [1.165, 1.54) is 218 Å². The summed E-state index contributed by atoms with van der Waals surface area (Å²) in [6.45, 7) is 14.3. The molecule has 0 aliphatic carbocycles. The zero-order valence-corrected chi connectivity index (χ0v) is 68.3. The summed E-state index contributed by atoms with van der Waals surface area (Å²) in [4.78, 5) is 73.1.